The Morgan fingerprint density at radius 2 is 1.61 bits per heavy atom. The molecule has 0 aromatic carbocycles. The van der Waals surface area contributed by atoms with Gasteiger partial charge in [-0.2, -0.15) is 0 Å². The zero-order chi connectivity index (χ0) is 17.5. The lowest BCUT2D eigenvalue weighted by Gasteiger charge is -2.08. The molecule has 0 aliphatic rings. The van der Waals surface area contributed by atoms with Crippen molar-refractivity contribution in [3.8, 4) is 0 Å². The van der Waals surface area contributed by atoms with E-state index in [9.17, 15) is 19.8 Å². The number of unbranched alkanes of at least 4 members (excludes halogenated alkanes) is 7. The lowest BCUT2D eigenvalue weighted by atomic mass is 10.0. The third kappa shape index (κ3) is 14.0. The number of Topliss-reactive ketones (excluding diaryl/α,β-unsaturated/α-hetero) is 1. The molecule has 134 valence electrons. The molecule has 0 aliphatic heterocycles. The van der Waals surface area contributed by atoms with Crippen molar-refractivity contribution in [3.05, 3.63) is 11.8 Å². The summed E-state index contributed by atoms with van der Waals surface area (Å²) in [5.41, 5.74) is 0. The highest BCUT2D eigenvalue weighted by atomic mass is 16.4. The van der Waals surface area contributed by atoms with Gasteiger partial charge in [0.2, 0.25) is 0 Å². The minimum Gasteiger partial charge on any atom is -0.512 e. The molecular formula is C18H32O5. The first-order valence-corrected chi connectivity index (χ1v) is 8.78. The van der Waals surface area contributed by atoms with Crippen molar-refractivity contribution in [3.63, 3.8) is 0 Å². The molecule has 0 spiro atoms. The molecule has 0 bridgehead atoms. The maximum atomic E-state index is 11.7. The van der Waals surface area contributed by atoms with Gasteiger partial charge in [0.1, 0.15) is 6.10 Å². The van der Waals surface area contributed by atoms with Gasteiger partial charge in [-0.05, 0) is 31.8 Å². The van der Waals surface area contributed by atoms with Crippen LogP contribution in [0.1, 0.15) is 84.0 Å². The number of aliphatic hydroxyl groups is 2. The number of carbonyl (C=O) groups excluding carboxylic acids is 1. The van der Waals surface area contributed by atoms with Crippen LogP contribution in [0, 0.1) is 0 Å². The van der Waals surface area contributed by atoms with Crippen molar-refractivity contribution in [2.75, 3.05) is 0 Å². The normalized spacial score (nSPS) is 13.0. The summed E-state index contributed by atoms with van der Waals surface area (Å²) in [4.78, 5) is 22.0. The summed E-state index contributed by atoms with van der Waals surface area (Å²) in [5, 5.41) is 27.9. The van der Waals surface area contributed by atoms with Gasteiger partial charge in [0, 0.05) is 6.42 Å². The zero-order valence-corrected chi connectivity index (χ0v) is 14.3. The van der Waals surface area contributed by atoms with E-state index in [0.29, 0.717) is 19.3 Å². The lowest BCUT2D eigenvalue weighted by molar-refractivity contribution is -0.137. The minimum atomic E-state index is -0.966. The van der Waals surface area contributed by atoms with Crippen molar-refractivity contribution in [1.29, 1.82) is 0 Å². The molecule has 0 aromatic heterocycles. The van der Waals surface area contributed by atoms with E-state index in [1.165, 1.54) is 0 Å². The van der Waals surface area contributed by atoms with Crippen LogP contribution in [0.2, 0.25) is 0 Å². The number of rotatable bonds is 15. The van der Waals surface area contributed by atoms with Crippen molar-refractivity contribution < 1.29 is 24.9 Å². The first-order chi connectivity index (χ1) is 11.0. The van der Waals surface area contributed by atoms with Crippen molar-refractivity contribution in [2.45, 2.75) is 90.1 Å². The summed E-state index contributed by atoms with van der Waals surface area (Å²) in [6.45, 7) is 2.06. The zero-order valence-electron chi connectivity index (χ0n) is 14.3. The van der Waals surface area contributed by atoms with E-state index in [2.05, 4.69) is 6.92 Å². The lowest BCUT2D eigenvalue weighted by Crippen LogP contribution is -2.20. The van der Waals surface area contributed by atoms with E-state index in [0.717, 1.165) is 44.9 Å². The van der Waals surface area contributed by atoms with Crippen LogP contribution >= 0.6 is 0 Å². The van der Waals surface area contributed by atoms with Gasteiger partial charge in [-0.25, -0.2) is 0 Å². The molecule has 5 nitrogen and oxygen atoms in total. The first-order valence-electron chi connectivity index (χ1n) is 8.78. The van der Waals surface area contributed by atoms with Gasteiger partial charge >= 0.3 is 5.97 Å². The van der Waals surface area contributed by atoms with E-state index in [4.69, 9.17) is 5.11 Å². The van der Waals surface area contributed by atoms with Crippen LogP contribution in [-0.4, -0.2) is 33.2 Å². The second-order valence-corrected chi connectivity index (χ2v) is 6.05. The highest BCUT2D eigenvalue weighted by Gasteiger charge is 2.15. The Labute approximate surface area is 139 Å². The molecule has 0 amide bonds. The fourth-order valence-electron chi connectivity index (χ4n) is 2.34. The van der Waals surface area contributed by atoms with Gasteiger partial charge in [0.25, 0.3) is 0 Å². The predicted octanol–water partition coefficient (Wildman–Crippen LogP) is 4.14. The monoisotopic (exact) mass is 328 g/mol. The average molecular weight is 328 g/mol. The van der Waals surface area contributed by atoms with Gasteiger partial charge in [-0.1, -0.05) is 45.4 Å². The van der Waals surface area contributed by atoms with Crippen LogP contribution in [-0.2, 0) is 9.59 Å². The van der Waals surface area contributed by atoms with Gasteiger partial charge in [0.05, 0.1) is 12.2 Å². The smallest absolute Gasteiger partial charge is 0.303 e. The molecule has 1 unspecified atom stereocenters. The third-order valence-corrected chi connectivity index (χ3v) is 3.78. The standard InChI is InChI=1S/C18H32O5/c1-2-3-8-12-16(20)17(21)14-15(19)11-9-6-4-5-7-10-13-18(22)23/h11,16,19-20H,2-10,12-14H2,1H3,(H,22,23)/b15-11-. The van der Waals surface area contributed by atoms with Crippen LogP contribution in [0.5, 0.6) is 0 Å². The largest absolute Gasteiger partial charge is 0.512 e. The average Bonchev–Trinajstić information content (AvgIpc) is 2.49. The van der Waals surface area contributed by atoms with Gasteiger partial charge in [-0.3, -0.25) is 9.59 Å². The molecule has 0 saturated carbocycles. The Bertz CT molecular complexity index is 362. The van der Waals surface area contributed by atoms with E-state index in [1.807, 2.05) is 0 Å². The molecule has 0 aliphatic carbocycles. The highest BCUT2D eigenvalue weighted by molar-refractivity contribution is 5.84. The minimum absolute atomic E-state index is 0.0374. The number of carbonyl (C=O) groups is 2. The highest BCUT2D eigenvalue weighted by Crippen LogP contribution is 2.11. The SMILES string of the molecule is CCCCCC(O)C(=O)C/C(O)=C/CCCCCCCC(=O)O. The van der Waals surface area contributed by atoms with E-state index in [-0.39, 0.29) is 24.4 Å². The van der Waals surface area contributed by atoms with Crippen LogP contribution in [0.3, 0.4) is 0 Å². The summed E-state index contributed by atoms with van der Waals surface area (Å²) >= 11 is 0. The Balaban J connectivity index is 3.69. The topological polar surface area (TPSA) is 94.8 Å². The number of hydrogen-bond acceptors (Lipinski definition) is 4. The van der Waals surface area contributed by atoms with Gasteiger partial charge in [-0.15, -0.1) is 0 Å². The van der Waals surface area contributed by atoms with Gasteiger partial charge in [0.15, 0.2) is 5.78 Å². The van der Waals surface area contributed by atoms with Crippen molar-refractivity contribution in [1.82, 2.24) is 0 Å². The molecule has 0 rings (SSSR count). The Hall–Kier alpha value is -1.36. The quantitative estimate of drug-likeness (QED) is 0.310. The van der Waals surface area contributed by atoms with E-state index in [1.54, 1.807) is 6.08 Å². The second-order valence-electron chi connectivity index (χ2n) is 6.05. The van der Waals surface area contributed by atoms with Crippen LogP contribution in [0.4, 0.5) is 0 Å². The molecule has 1 atom stereocenters. The fourth-order valence-corrected chi connectivity index (χ4v) is 2.34. The molecule has 3 N–H and O–H groups in total. The maximum absolute atomic E-state index is 11.7. The summed E-state index contributed by atoms with van der Waals surface area (Å²) in [7, 11) is 0. The Morgan fingerprint density at radius 1 is 0.957 bits per heavy atom. The van der Waals surface area contributed by atoms with Crippen molar-refractivity contribution in [2.24, 2.45) is 0 Å². The van der Waals surface area contributed by atoms with E-state index < -0.39 is 12.1 Å². The molecule has 0 radical (unpaired) electrons. The Kier molecular flexibility index (Phi) is 13.4. The first kappa shape index (κ1) is 21.6. The fraction of sp³-hybridized carbons (Fsp3) is 0.778. The van der Waals surface area contributed by atoms with Gasteiger partial charge < -0.3 is 15.3 Å². The molecule has 23 heavy (non-hydrogen) atoms. The molecule has 0 aromatic rings. The molecule has 0 saturated heterocycles. The summed E-state index contributed by atoms with van der Waals surface area (Å²) in [6.07, 6.45) is 9.34. The maximum Gasteiger partial charge on any atom is 0.303 e. The number of carboxylic acids is 1. The summed E-state index contributed by atoms with van der Waals surface area (Å²) in [6, 6.07) is 0. The number of aliphatic hydroxyl groups excluding tert-OH is 2. The molecule has 5 heteroatoms. The number of carboxylic acid groups (broad SMARTS) is 1. The second kappa shape index (κ2) is 14.2. The molecular weight excluding hydrogens is 296 g/mol. The molecule has 0 fully saturated rings. The van der Waals surface area contributed by atoms with E-state index >= 15 is 0 Å². The van der Waals surface area contributed by atoms with Crippen LogP contribution in [0.15, 0.2) is 11.8 Å². The summed E-state index contributed by atoms with van der Waals surface area (Å²) in [5.74, 6) is -1.03. The summed E-state index contributed by atoms with van der Waals surface area (Å²) < 4.78 is 0. The number of allylic oxidation sites excluding steroid dienone is 2. The third-order valence-electron chi connectivity index (χ3n) is 3.78. The Morgan fingerprint density at radius 3 is 2.26 bits per heavy atom. The molecule has 0 heterocycles. The van der Waals surface area contributed by atoms with Crippen LogP contribution < -0.4 is 0 Å². The number of aliphatic carboxylic acids is 1. The number of ketones is 1. The number of hydrogen-bond donors (Lipinski definition) is 3. The predicted molar refractivity (Wildman–Crippen MR) is 90.4 cm³/mol. The van der Waals surface area contributed by atoms with Crippen molar-refractivity contribution >= 4 is 11.8 Å². The van der Waals surface area contributed by atoms with Crippen LogP contribution in [0.25, 0.3) is 0 Å².